The molecule has 0 aliphatic carbocycles. The molecule has 0 bridgehead atoms. The second-order valence-electron chi connectivity index (χ2n) is 5.18. The van der Waals surface area contributed by atoms with Crippen molar-refractivity contribution in [3.05, 3.63) is 82.1 Å². The number of hydrogen-bond donors (Lipinski definition) is 0. The Morgan fingerprint density at radius 3 is 2.50 bits per heavy atom. The summed E-state index contributed by atoms with van der Waals surface area (Å²) in [6.45, 7) is 2.04. The Kier molecular flexibility index (Phi) is 4.69. The van der Waals surface area contributed by atoms with Crippen molar-refractivity contribution < 1.29 is 4.79 Å². The van der Waals surface area contributed by atoms with Gasteiger partial charge in [0.1, 0.15) is 5.69 Å². The van der Waals surface area contributed by atoms with Gasteiger partial charge in [-0.2, -0.15) is 0 Å². The van der Waals surface area contributed by atoms with Crippen LogP contribution in [0, 0.1) is 18.8 Å². The molecule has 0 radical (unpaired) electrons. The van der Waals surface area contributed by atoms with Crippen molar-refractivity contribution in [1.29, 1.82) is 0 Å². The molecule has 0 unspecified atom stereocenters. The Balaban J connectivity index is 1.99. The van der Waals surface area contributed by atoms with Gasteiger partial charge in [-0.3, -0.25) is 4.79 Å². The monoisotopic (exact) mass is 332 g/mol. The van der Waals surface area contributed by atoms with Crippen molar-refractivity contribution in [2.75, 3.05) is 0 Å². The minimum Gasteiger partial charge on any atom is -0.296 e. The molecular formula is C20H13ClN2O. The smallest absolute Gasteiger partial charge is 0.170 e. The molecule has 0 amide bonds. The summed E-state index contributed by atoms with van der Waals surface area (Å²) in [6.07, 6.45) is 0.601. The van der Waals surface area contributed by atoms with Crippen molar-refractivity contribution in [2.45, 2.75) is 6.92 Å². The van der Waals surface area contributed by atoms with E-state index >= 15 is 0 Å². The minimum absolute atomic E-state index is 0.188. The summed E-state index contributed by atoms with van der Waals surface area (Å²) in [5.41, 5.74) is 4.81. The first-order chi connectivity index (χ1) is 11.7. The minimum atomic E-state index is 0.188. The summed E-state index contributed by atoms with van der Waals surface area (Å²) in [5.74, 6) is 6.02. The third-order valence-electron chi connectivity index (χ3n) is 3.62. The van der Waals surface area contributed by atoms with Gasteiger partial charge >= 0.3 is 0 Å². The van der Waals surface area contributed by atoms with Crippen LogP contribution in [0.25, 0.3) is 11.1 Å². The summed E-state index contributed by atoms with van der Waals surface area (Å²) < 4.78 is 0. The van der Waals surface area contributed by atoms with Crippen molar-refractivity contribution in [1.82, 2.24) is 10.2 Å². The van der Waals surface area contributed by atoms with Crippen molar-refractivity contribution >= 4 is 17.9 Å². The maximum absolute atomic E-state index is 10.7. The molecular weight excluding hydrogens is 320 g/mol. The topological polar surface area (TPSA) is 42.9 Å². The highest BCUT2D eigenvalue weighted by atomic mass is 35.5. The zero-order chi connectivity index (χ0) is 16.9. The van der Waals surface area contributed by atoms with Gasteiger partial charge in [0.05, 0.1) is 5.02 Å². The van der Waals surface area contributed by atoms with Crippen LogP contribution in [0.5, 0.6) is 0 Å². The van der Waals surface area contributed by atoms with E-state index in [0.29, 0.717) is 17.0 Å². The van der Waals surface area contributed by atoms with Crippen LogP contribution < -0.4 is 0 Å². The van der Waals surface area contributed by atoms with E-state index < -0.39 is 0 Å². The van der Waals surface area contributed by atoms with Crippen LogP contribution in [-0.4, -0.2) is 16.5 Å². The molecule has 0 aliphatic heterocycles. The van der Waals surface area contributed by atoms with E-state index in [-0.39, 0.29) is 5.69 Å². The molecule has 0 aliphatic rings. The Morgan fingerprint density at radius 2 is 1.79 bits per heavy atom. The summed E-state index contributed by atoms with van der Waals surface area (Å²) in [5, 5.41) is 7.96. The molecule has 1 heterocycles. The normalized spacial score (nSPS) is 9.92. The van der Waals surface area contributed by atoms with Crippen molar-refractivity contribution in [3.63, 3.8) is 0 Å². The van der Waals surface area contributed by atoms with Gasteiger partial charge < -0.3 is 0 Å². The van der Waals surface area contributed by atoms with Crippen molar-refractivity contribution in [3.8, 4) is 23.0 Å². The van der Waals surface area contributed by atoms with Gasteiger partial charge in [0.2, 0.25) is 0 Å². The van der Waals surface area contributed by atoms with Gasteiger partial charge in [0.25, 0.3) is 0 Å². The van der Waals surface area contributed by atoms with E-state index in [1.807, 2.05) is 37.3 Å². The standard InChI is InChI=1S/C20H13ClN2O/c1-14-15(8-5-9-18(14)16-6-3-2-4-7-16)10-11-20-19(21)12-17(13-24)22-23-20/h2-9,12-13H,1H3. The molecule has 1 aromatic heterocycles. The molecule has 116 valence electrons. The molecule has 0 spiro atoms. The second kappa shape index (κ2) is 7.08. The number of aromatic nitrogens is 2. The van der Waals surface area contributed by atoms with Crippen LogP contribution in [0.15, 0.2) is 54.6 Å². The van der Waals surface area contributed by atoms with Crippen LogP contribution >= 0.6 is 11.6 Å². The third kappa shape index (κ3) is 3.34. The first kappa shape index (κ1) is 15.9. The highest BCUT2D eigenvalue weighted by molar-refractivity contribution is 6.31. The zero-order valence-corrected chi connectivity index (χ0v) is 13.7. The molecule has 3 rings (SSSR count). The Labute approximate surface area is 145 Å². The number of halogens is 1. The lowest BCUT2D eigenvalue weighted by molar-refractivity contribution is 0.111. The predicted octanol–water partition coefficient (Wildman–Crippen LogP) is 4.32. The molecule has 3 nitrogen and oxygen atoms in total. The van der Waals surface area contributed by atoms with Gasteiger partial charge in [-0.25, -0.2) is 0 Å². The molecule has 0 atom stereocenters. The fourth-order valence-corrected chi connectivity index (χ4v) is 2.55. The molecule has 0 saturated heterocycles. The third-order valence-corrected chi connectivity index (χ3v) is 3.91. The largest absolute Gasteiger partial charge is 0.296 e. The average molecular weight is 333 g/mol. The number of hydrogen-bond acceptors (Lipinski definition) is 3. The Hall–Kier alpha value is -2.96. The van der Waals surface area contributed by atoms with Gasteiger partial charge in [0.15, 0.2) is 12.0 Å². The van der Waals surface area contributed by atoms with Gasteiger partial charge in [-0.05, 0) is 41.7 Å². The summed E-state index contributed by atoms with van der Waals surface area (Å²) >= 11 is 6.08. The highest BCUT2D eigenvalue weighted by Gasteiger charge is 2.05. The molecule has 2 aromatic carbocycles. The summed E-state index contributed by atoms with van der Waals surface area (Å²) in [4.78, 5) is 10.7. The van der Waals surface area contributed by atoms with E-state index in [1.165, 1.54) is 6.07 Å². The average Bonchev–Trinajstić information content (AvgIpc) is 2.62. The number of nitrogens with zero attached hydrogens (tertiary/aromatic N) is 2. The van der Waals surface area contributed by atoms with Crippen LogP contribution in [0.3, 0.4) is 0 Å². The molecule has 0 fully saturated rings. The summed E-state index contributed by atoms with van der Waals surface area (Å²) in [6, 6.07) is 17.6. The van der Waals surface area contributed by atoms with E-state index in [9.17, 15) is 4.79 Å². The molecule has 0 N–H and O–H groups in total. The van der Waals surface area contributed by atoms with Crippen LogP contribution in [0.1, 0.15) is 27.3 Å². The maximum Gasteiger partial charge on any atom is 0.170 e. The first-order valence-electron chi connectivity index (χ1n) is 7.34. The van der Waals surface area contributed by atoms with Crippen LogP contribution in [-0.2, 0) is 0 Å². The quantitative estimate of drug-likeness (QED) is 0.518. The number of carbonyl (C=O) groups excluding carboxylic acids is 1. The van der Waals surface area contributed by atoms with E-state index in [4.69, 9.17) is 11.6 Å². The highest BCUT2D eigenvalue weighted by Crippen LogP contribution is 2.25. The first-order valence-corrected chi connectivity index (χ1v) is 7.72. The van der Waals surface area contributed by atoms with Gasteiger partial charge in [-0.1, -0.05) is 60.0 Å². The second-order valence-corrected chi connectivity index (χ2v) is 5.58. The number of benzene rings is 2. The van der Waals surface area contributed by atoms with Crippen LogP contribution in [0.2, 0.25) is 5.02 Å². The molecule has 3 aromatic rings. The predicted molar refractivity (Wildman–Crippen MR) is 95.0 cm³/mol. The lowest BCUT2D eigenvalue weighted by atomic mass is 9.97. The Bertz CT molecular complexity index is 956. The molecule has 4 heteroatoms. The SMILES string of the molecule is Cc1c(C#Cc2nnc(C=O)cc2Cl)cccc1-c1ccccc1. The maximum atomic E-state index is 10.7. The zero-order valence-electron chi connectivity index (χ0n) is 13.0. The van der Waals surface area contributed by atoms with Crippen molar-refractivity contribution in [2.24, 2.45) is 0 Å². The van der Waals surface area contributed by atoms with Crippen LogP contribution in [0.4, 0.5) is 0 Å². The van der Waals surface area contributed by atoms with E-state index in [0.717, 1.165) is 22.3 Å². The number of rotatable bonds is 2. The fraction of sp³-hybridized carbons (Fsp3) is 0.0500. The van der Waals surface area contributed by atoms with Gasteiger partial charge in [0, 0.05) is 5.56 Å². The number of aldehydes is 1. The summed E-state index contributed by atoms with van der Waals surface area (Å²) in [7, 11) is 0. The lowest BCUT2D eigenvalue weighted by Gasteiger charge is -2.07. The fourth-order valence-electron chi connectivity index (χ4n) is 2.35. The molecule has 24 heavy (non-hydrogen) atoms. The van der Waals surface area contributed by atoms with Gasteiger partial charge in [-0.15, -0.1) is 10.2 Å². The van der Waals surface area contributed by atoms with E-state index in [2.05, 4.69) is 40.2 Å². The molecule has 0 saturated carbocycles. The van der Waals surface area contributed by atoms with E-state index in [1.54, 1.807) is 0 Å². The number of carbonyl (C=O) groups is 1. The lowest BCUT2D eigenvalue weighted by Crippen LogP contribution is -1.95. The Morgan fingerprint density at radius 1 is 1.00 bits per heavy atom.